The lowest BCUT2D eigenvalue weighted by molar-refractivity contribution is 0.0726. The summed E-state index contributed by atoms with van der Waals surface area (Å²) in [5, 5.41) is 2.78. The number of rotatable bonds is 4. The molecule has 0 atom stereocenters. The van der Waals surface area contributed by atoms with Gasteiger partial charge in [-0.1, -0.05) is 77.4 Å². The summed E-state index contributed by atoms with van der Waals surface area (Å²) >= 11 is 0. The van der Waals surface area contributed by atoms with Crippen LogP contribution in [0, 0.1) is 20.8 Å². The van der Waals surface area contributed by atoms with E-state index in [1.165, 1.54) is 0 Å². The molecule has 0 amide bonds. The van der Waals surface area contributed by atoms with E-state index in [1.807, 2.05) is 87.5 Å². The zero-order valence-corrected chi connectivity index (χ0v) is 19.8. The van der Waals surface area contributed by atoms with Gasteiger partial charge in [-0.2, -0.15) is 0 Å². The molecule has 0 saturated heterocycles. The third kappa shape index (κ3) is 4.38. The monoisotopic (exact) mass is 460 g/mol. The topological polar surface area (TPSA) is 52.6 Å². The minimum absolute atomic E-state index is 0.441. The predicted molar refractivity (Wildman–Crippen MR) is 138 cm³/mol. The molecule has 5 aromatic carbocycles. The van der Waals surface area contributed by atoms with Gasteiger partial charge in [0, 0.05) is 21.5 Å². The molecule has 35 heavy (non-hydrogen) atoms. The van der Waals surface area contributed by atoms with E-state index in [9.17, 15) is 9.59 Å². The second kappa shape index (κ2) is 9.07. The molecule has 5 aromatic rings. The minimum atomic E-state index is -0.443. The van der Waals surface area contributed by atoms with E-state index in [-0.39, 0.29) is 0 Å². The molecule has 0 unspecified atom stereocenters. The van der Waals surface area contributed by atoms with Gasteiger partial charge in [0.2, 0.25) is 0 Å². The Hall–Kier alpha value is -4.44. The van der Waals surface area contributed by atoms with Crippen molar-refractivity contribution in [1.29, 1.82) is 0 Å². The van der Waals surface area contributed by atoms with Crippen LogP contribution in [0.2, 0.25) is 0 Å². The van der Waals surface area contributed by atoms with Gasteiger partial charge in [-0.15, -0.1) is 0 Å². The van der Waals surface area contributed by atoms with Crippen LogP contribution >= 0.6 is 0 Å². The van der Waals surface area contributed by atoms with Gasteiger partial charge in [0.05, 0.1) is 11.1 Å². The molecule has 0 fully saturated rings. The maximum absolute atomic E-state index is 13.1. The third-order valence-corrected chi connectivity index (χ3v) is 6.04. The number of benzene rings is 5. The van der Waals surface area contributed by atoms with Gasteiger partial charge in [0.15, 0.2) is 0 Å². The number of carbonyl (C=O) groups is 2. The molecule has 0 aliphatic carbocycles. The number of carbonyl (C=O) groups excluding carboxylic acids is 2. The summed E-state index contributed by atoms with van der Waals surface area (Å²) in [4.78, 5) is 26.1. The van der Waals surface area contributed by atoms with Gasteiger partial charge < -0.3 is 9.47 Å². The Kier molecular flexibility index (Phi) is 5.79. The highest BCUT2D eigenvalue weighted by Crippen LogP contribution is 2.43. The SMILES string of the molecule is Cc1ccc(C(=O)Oc2c3ccccc3c(OC(=O)c3ccc(C)cc3)c3cc(C)ccc23)cc1. The van der Waals surface area contributed by atoms with Gasteiger partial charge >= 0.3 is 11.9 Å². The van der Waals surface area contributed by atoms with Crippen LogP contribution in [0.3, 0.4) is 0 Å². The fourth-order valence-corrected chi connectivity index (χ4v) is 4.12. The average Bonchev–Trinajstić information content (AvgIpc) is 2.86. The first kappa shape index (κ1) is 22.4. The van der Waals surface area contributed by atoms with E-state index in [4.69, 9.17) is 9.47 Å². The summed E-state index contributed by atoms with van der Waals surface area (Å²) in [5.74, 6) is 0.0000993. The second-order valence-electron chi connectivity index (χ2n) is 8.76. The number of ether oxygens (including phenoxy) is 2. The molecule has 4 heteroatoms. The van der Waals surface area contributed by atoms with Crippen molar-refractivity contribution in [3.8, 4) is 11.5 Å². The van der Waals surface area contributed by atoms with Crippen LogP contribution in [0.5, 0.6) is 11.5 Å². The Morgan fingerprint density at radius 2 is 0.886 bits per heavy atom. The van der Waals surface area contributed by atoms with Gasteiger partial charge in [0.1, 0.15) is 11.5 Å². The third-order valence-electron chi connectivity index (χ3n) is 6.04. The van der Waals surface area contributed by atoms with Crippen molar-refractivity contribution in [2.24, 2.45) is 0 Å². The van der Waals surface area contributed by atoms with Crippen molar-refractivity contribution >= 4 is 33.5 Å². The lowest BCUT2D eigenvalue weighted by Crippen LogP contribution is -2.11. The van der Waals surface area contributed by atoms with Crippen LogP contribution < -0.4 is 9.47 Å². The Balaban J connectivity index is 1.66. The van der Waals surface area contributed by atoms with E-state index in [2.05, 4.69) is 0 Å². The van der Waals surface area contributed by atoms with E-state index in [0.29, 0.717) is 44.2 Å². The van der Waals surface area contributed by atoms with E-state index < -0.39 is 11.9 Å². The summed E-state index contributed by atoms with van der Waals surface area (Å²) in [6.45, 7) is 5.91. The van der Waals surface area contributed by atoms with Crippen LogP contribution in [-0.2, 0) is 0 Å². The molecular weight excluding hydrogens is 436 g/mol. The Morgan fingerprint density at radius 3 is 1.37 bits per heavy atom. The summed E-state index contributed by atoms with van der Waals surface area (Å²) < 4.78 is 12.0. The highest BCUT2D eigenvalue weighted by Gasteiger charge is 2.21. The number of fused-ring (bicyclic) bond motifs is 2. The fourth-order valence-electron chi connectivity index (χ4n) is 4.12. The highest BCUT2D eigenvalue weighted by atomic mass is 16.5. The first-order chi connectivity index (χ1) is 16.9. The normalized spacial score (nSPS) is 10.9. The Morgan fingerprint density at radius 1 is 0.486 bits per heavy atom. The van der Waals surface area contributed by atoms with Crippen molar-refractivity contribution in [3.63, 3.8) is 0 Å². The number of hydrogen-bond acceptors (Lipinski definition) is 4. The molecule has 0 heterocycles. The fraction of sp³-hybridized carbons (Fsp3) is 0.0968. The minimum Gasteiger partial charge on any atom is -0.422 e. The average molecular weight is 461 g/mol. The summed E-state index contributed by atoms with van der Waals surface area (Å²) in [6, 6.07) is 27.8. The number of aryl methyl sites for hydroxylation is 3. The van der Waals surface area contributed by atoms with Crippen molar-refractivity contribution in [2.75, 3.05) is 0 Å². The quantitative estimate of drug-likeness (QED) is 0.160. The Bertz CT molecular complexity index is 1580. The molecular formula is C31H24O4. The van der Waals surface area contributed by atoms with Gasteiger partial charge in [0.25, 0.3) is 0 Å². The zero-order chi connectivity index (χ0) is 24.5. The molecule has 4 nitrogen and oxygen atoms in total. The first-order valence-corrected chi connectivity index (χ1v) is 11.4. The molecule has 0 saturated carbocycles. The van der Waals surface area contributed by atoms with Crippen LogP contribution in [-0.4, -0.2) is 11.9 Å². The van der Waals surface area contributed by atoms with E-state index >= 15 is 0 Å². The summed E-state index contributed by atoms with van der Waals surface area (Å²) in [6.07, 6.45) is 0. The molecule has 0 aliphatic heterocycles. The largest absolute Gasteiger partial charge is 0.422 e. The number of esters is 2. The summed E-state index contributed by atoms with van der Waals surface area (Å²) in [5.41, 5.74) is 4.06. The van der Waals surface area contributed by atoms with Crippen LogP contribution in [0.4, 0.5) is 0 Å². The lowest BCUT2D eigenvalue weighted by Gasteiger charge is -2.17. The van der Waals surface area contributed by atoms with Gasteiger partial charge in [-0.25, -0.2) is 9.59 Å². The molecule has 0 radical (unpaired) electrons. The number of hydrogen-bond donors (Lipinski definition) is 0. The molecule has 0 bridgehead atoms. The Labute approximate surface area is 203 Å². The predicted octanol–water partition coefficient (Wildman–Crippen LogP) is 7.36. The molecule has 0 aliphatic rings. The second-order valence-corrected chi connectivity index (χ2v) is 8.76. The van der Waals surface area contributed by atoms with Crippen molar-refractivity contribution in [2.45, 2.75) is 20.8 Å². The molecule has 5 rings (SSSR count). The van der Waals surface area contributed by atoms with Crippen molar-refractivity contribution < 1.29 is 19.1 Å². The smallest absolute Gasteiger partial charge is 0.343 e. The van der Waals surface area contributed by atoms with E-state index in [1.54, 1.807) is 24.3 Å². The van der Waals surface area contributed by atoms with Crippen LogP contribution in [0.15, 0.2) is 91.0 Å². The lowest BCUT2D eigenvalue weighted by atomic mass is 9.99. The maximum Gasteiger partial charge on any atom is 0.343 e. The van der Waals surface area contributed by atoms with Gasteiger partial charge in [-0.05, 0) is 51.1 Å². The van der Waals surface area contributed by atoms with Crippen LogP contribution in [0.1, 0.15) is 37.4 Å². The molecule has 0 N–H and O–H groups in total. The van der Waals surface area contributed by atoms with Gasteiger partial charge in [-0.3, -0.25) is 0 Å². The highest BCUT2D eigenvalue weighted by molar-refractivity contribution is 6.14. The maximum atomic E-state index is 13.1. The van der Waals surface area contributed by atoms with Crippen molar-refractivity contribution in [1.82, 2.24) is 0 Å². The molecule has 172 valence electrons. The standard InChI is InChI=1S/C31H24O4/c1-19-8-13-22(14-9-19)30(32)34-28-24-6-4-5-7-25(24)29(27-18-21(3)12-17-26(27)28)35-31(33)23-15-10-20(2)11-16-23/h4-18H,1-3H3. The van der Waals surface area contributed by atoms with Crippen LogP contribution in [0.25, 0.3) is 21.5 Å². The summed E-state index contributed by atoms with van der Waals surface area (Å²) in [7, 11) is 0. The zero-order valence-electron chi connectivity index (χ0n) is 19.8. The van der Waals surface area contributed by atoms with Crippen molar-refractivity contribution in [3.05, 3.63) is 119 Å². The first-order valence-electron chi connectivity index (χ1n) is 11.4. The molecule has 0 aromatic heterocycles. The van der Waals surface area contributed by atoms with E-state index in [0.717, 1.165) is 16.7 Å². The molecule has 0 spiro atoms.